The minimum atomic E-state index is -0.365. The molecule has 1 saturated heterocycles. The third-order valence-corrected chi connectivity index (χ3v) is 9.60. The molecule has 0 amide bonds. The second-order valence-electron chi connectivity index (χ2n) is 11.6. The summed E-state index contributed by atoms with van der Waals surface area (Å²) in [5.74, 6) is 2.86. The minimum Gasteiger partial charge on any atom is -0.469 e. The fraction of sp³-hybridized carbons (Fsp3) is 0.750. The van der Waals surface area contributed by atoms with Crippen molar-refractivity contribution in [1.29, 1.82) is 0 Å². The lowest BCUT2D eigenvalue weighted by Gasteiger charge is -2.57. The van der Waals surface area contributed by atoms with Crippen molar-refractivity contribution in [2.75, 3.05) is 20.2 Å². The lowest BCUT2D eigenvalue weighted by molar-refractivity contribution is -0.920. The van der Waals surface area contributed by atoms with E-state index in [0.29, 0.717) is 11.8 Å². The average molecular weight is 443 g/mol. The number of nitrogens with one attached hydrogen (secondary N) is 1. The first-order valence-corrected chi connectivity index (χ1v) is 12.9. The second kappa shape index (κ2) is 9.37. The summed E-state index contributed by atoms with van der Waals surface area (Å²) in [7, 11) is 1.55. The molecule has 0 bridgehead atoms. The number of allylic oxidation sites excluding steroid dienone is 1. The summed E-state index contributed by atoms with van der Waals surface area (Å²) in [6, 6.07) is 2.19. The van der Waals surface area contributed by atoms with Gasteiger partial charge in [0.2, 0.25) is 0 Å². The Morgan fingerprint density at radius 3 is 2.72 bits per heavy atom. The molecule has 2 heterocycles. The monoisotopic (exact) mass is 442 g/mol. The summed E-state index contributed by atoms with van der Waals surface area (Å²) in [6.45, 7) is 15.0. The van der Waals surface area contributed by atoms with E-state index in [4.69, 9.17) is 9.15 Å². The van der Waals surface area contributed by atoms with Crippen molar-refractivity contribution in [3.63, 3.8) is 0 Å². The number of carbonyl (C=O) groups excluding carboxylic acids is 1. The zero-order chi connectivity index (χ0) is 22.9. The van der Waals surface area contributed by atoms with Crippen molar-refractivity contribution >= 4 is 5.97 Å². The van der Waals surface area contributed by atoms with Gasteiger partial charge in [-0.1, -0.05) is 32.4 Å². The van der Waals surface area contributed by atoms with Gasteiger partial charge in [-0.2, -0.15) is 0 Å². The van der Waals surface area contributed by atoms with Gasteiger partial charge in [0.05, 0.1) is 31.9 Å². The number of furan rings is 1. The molecule has 1 aromatic heterocycles. The fourth-order valence-corrected chi connectivity index (χ4v) is 7.58. The van der Waals surface area contributed by atoms with Gasteiger partial charge in [0.25, 0.3) is 0 Å². The Balaban J connectivity index is 1.47. The van der Waals surface area contributed by atoms with Crippen molar-refractivity contribution in [2.24, 2.45) is 28.6 Å². The van der Waals surface area contributed by atoms with Crippen LogP contribution in [0.5, 0.6) is 0 Å². The van der Waals surface area contributed by atoms with Crippen molar-refractivity contribution in [3.8, 4) is 0 Å². The van der Waals surface area contributed by atoms with E-state index < -0.39 is 0 Å². The highest BCUT2D eigenvalue weighted by atomic mass is 16.5. The van der Waals surface area contributed by atoms with E-state index in [9.17, 15) is 4.79 Å². The van der Waals surface area contributed by atoms with Crippen LogP contribution in [0.25, 0.3) is 0 Å². The number of hydrogen-bond acceptors (Lipinski definition) is 3. The van der Waals surface area contributed by atoms with Gasteiger partial charge in [-0.05, 0) is 93.1 Å². The summed E-state index contributed by atoms with van der Waals surface area (Å²) < 4.78 is 11.3. The Morgan fingerprint density at radius 2 is 2.00 bits per heavy atom. The van der Waals surface area contributed by atoms with E-state index in [1.165, 1.54) is 49.2 Å². The summed E-state index contributed by atoms with van der Waals surface area (Å²) in [4.78, 5) is 14.5. The van der Waals surface area contributed by atoms with Gasteiger partial charge in [0, 0.05) is 0 Å². The zero-order valence-corrected chi connectivity index (χ0v) is 20.8. The third kappa shape index (κ3) is 4.32. The smallest absolute Gasteiger partial charge is 0.311 e. The van der Waals surface area contributed by atoms with Gasteiger partial charge in [0.1, 0.15) is 6.54 Å². The molecule has 2 aliphatic carbocycles. The third-order valence-electron chi connectivity index (χ3n) is 9.60. The van der Waals surface area contributed by atoms with Crippen LogP contribution in [0.15, 0.2) is 28.9 Å². The largest absolute Gasteiger partial charge is 0.469 e. The number of fused-ring (bicyclic) bond motifs is 1. The number of quaternary nitrogens is 1. The normalized spacial score (nSPS) is 37.7. The lowest BCUT2D eigenvalue weighted by atomic mass is 9.46. The molecule has 32 heavy (non-hydrogen) atoms. The maximum absolute atomic E-state index is 12.8. The number of aryl methyl sites for hydroxylation is 1. The van der Waals surface area contributed by atoms with Crippen LogP contribution >= 0.6 is 0 Å². The topological polar surface area (TPSA) is 43.9 Å². The number of rotatable bonds is 6. The second-order valence-corrected chi connectivity index (χ2v) is 11.6. The summed E-state index contributed by atoms with van der Waals surface area (Å²) >= 11 is 0. The number of likely N-dealkylation sites (tertiary alicyclic amines) is 1. The van der Waals surface area contributed by atoms with Gasteiger partial charge in [0.15, 0.2) is 5.76 Å². The Labute approximate surface area is 194 Å². The molecule has 4 atom stereocenters. The first-order chi connectivity index (χ1) is 15.3. The molecule has 3 aliphatic rings. The van der Waals surface area contributed by atoms with E-state index in [0.717, 1.165) is 51.0 Å². The van der Waals surface area contributed by atoms with Gasteiger partial charge in [-0.25, -0.2) is 0 Å². The summed E-state index contributed by atoms with van der Waals surface area (Å²) in [6.07, 6.45) is 12.0. The van der Waals surface area contributed by atoms with Crippen molar-refractivity contribution in [2.45, 2.75) is 85.1 Å². The highest BCUT2D eigenvalue weighted by molar-refractivity contribution is 5.77. The van der Waals surface area contributed by atoms with Crippen LogP contribution in [0.1, 0.15) is 83.5 Å². The van der Waals surface area contributed by atoms with Crippen LogP contribution in [0.2, 0.25) is 0 Å². The average Bonchev–Trinajstić information content (AvgIpc) is 3.21. The predicted octanol–water partition coefficient (Wildman–Crippen LogP) is 4.98. The maximum Gasteiger partial charge on any atom is 0.311 e. The van der Waals surface area contributed by atoms with Crippen LogP contribution in [0.3, 0.4) is 0 Å². The van der Waals surface area contributed by atoms with Gasteiger partial charge in [-0.15, -0.1) is 0 Å². The molecule has 2 saturated carbocycles. The molecule has 4 heteroatoms. The number of ether oxygens (including phenoxy) is 1. The molecule has 178 valence electrons. The van der Waals surface area contributed by atoms with E-state index in [-0.39, 0.29) is 16.8 Å². The Hall–Kier alpha value is -1.55. The molecule has 1 aromatic rings. The molecule has 0 unspecified atom stereocenters. The first kappa shape index (κ1) is 23.6. The molecule has 4 nitrogen and oxygen atoms in total. The Morgan fingerprint density at radius 1 is 1.25 bits per heavy atom. The van der Waals surface area contributed by atoms with Crippen LogP contribution in [0, 0.1) is 28.6 Å². The molecule has 1 aliphatic heterocycles. The number of hydrogen-bond donors (Lipinski definition) is 1. The molecule has 0 radical (unpaired) electrons. The Bertz CT molecular complexity index is 820. The highest BCUT2D eigenvalue weighted by Crippen LogP contribution is 2.62. The Kier molecular flexibility index (Phi) is 6.91. The summed E-state index contributed by atoms with van der Waals surface area (Å²) in [5, 5.41) is 0. The highest BCUT2D eigenvalue weighted by Gasteiger charge is 2.57. The van der Waals surface area contributed by atoms with Crippen molar-refractivity contribution in [1.82, 2.24) is 0 Å². The SMILES string of the molecule is C=C1CC[C@@H]2[C@](C)(CCC[C@]2(C)C(=O)OC)[C@@H]1CCc1ccoc1C[NH+]1CCC(C)CC1. The number of methoxy groups -OCH3 is 1. The first-order valence-electron chi connectivity index (χ1n) is 12.9. The molecular formula is C28H44NO3+. The van der Waals surface area contributed by atoms with E-state index in [2.05, 4.69) is 33.4 Å². The quantitative estimate of drug-likeness (QED) is 0.499. The van der Waals surface area contributed by atoms with Crippen LogP contribution in [-0.4, -0.2) is 26.2 Å². The van der Waals surface area contributed by atoms with Crippen LogP contribution in [-0.2, 0) is 22.5 Å². The van der Waals surface area contributed by atoms with Gasteiger partial charge >= 0.3 is 5.97 Å². The van der Waals surface area contributed by atoms with E-state index in [1.54, 1.807) is 12.0 Å². The number of carbonyl (C=O) groups is 1. The van der Waals surface area contributed by atoms with Gasteiger partial charge < -0.3 is 14.1 Å². The molecular weight excluding hydrogens is 398 g/mol. The molecule has 4 rings (SSSR count). The molecule has 1 N–H and O–H groups in total. The number of piperidine rings is 1. The molecule has 3 fully saturated rings. The minimum absolute atomic E-state index is 0.0179. The zero-order valence-electron chi connectivity index (χ0n) is 20.8. The van der Waals surface area contributed by atoms with E-state index >= 15 is 0 Å². The molecule has 0 spiro atoms. The number of esters is 1. The van der Waals surface area contributed by atoms with Gasteiger partial charge in [-0.3, -0.25) is 4.79 Å². The maximum atomic E-state index is 12.8. The predicted molar refractivity (Wildman–Crippen MR) is 127 cm³/mol. The fourth-order valence-electron chi connectivity index (χ4n) is 7.58. The summed E-state index contributed by atoms with van der Waals surface area (Å²) in [5.41, 5.74) is 2.52. The molecule has 0 aromatic carbocycles. The van der Waals surface area contributed by atoms with Crippen LogP contribution < -0.4 is 4.90 Å². The standard InChI is InChI=1S/C28H43NO3/c1-20-11-16-29(17-12-20)19-24-22(13-18-32-24)8-9-23-21(2)7-10-25-27(23,3)14-6-15-28(25,4)26(30)31-5/h13,18,20,23,25H,2,6-12,14-17,19H2,1,3-5H3/p+1/t23-,25-,27-,28+/m1/s1. The van der Waals surface area contributed by atoms with Crippen LogP contribution in [0.4, 0.5) is 0 Å². The van der Waals surface area contributed by atoms with E-state index in [1.807, 2.05) is 6.26 Å². The van der Waals surface area contributed by atoms with Crippen molar-refractivity contribution in [3.05, 3.63) is 35.8 Å². The van der Waals surface area contributed by atoms with Crippen molar-refractivity contribution < 1.29 is 18.8 Å². The lowest BCUT2D eigenvalue weighted by Crippen LogP contribution is -3.11.